The van der Waals surface area contributed by atoms with Gasteiger partial charge in [-0.3, -0.25) is 25.1 Å². The summed E-state index contributed by atoms with van der Waals surface area (Å²) in [6, 6.07) is 3.96. The molecule has 1 aromatic heterocycles. The van der Waals surface area contributed by atoms with Crippen molar-refractivity contribution >= 4 is 39.7 Å². The van der Waals surface area contributed by atoms with Crippen LogP contribution >= 0.6 is 22.9 Å². The summed E-state index contributed by atoms with van der Waals surface area (Å²) in [5.41, 5.74) is 0.532. The second-order valence-electron chi connectivity index (χ2n) is 5.85. The number of nitro groups is 1. The maximum absolute atomic E-state index is 12.3. The lowest BCUT2D eigenvalue weighted by Gasteiger charge is -2.25. The first-order chi connectivity index (χ1) is 12.0. The molecule has 25 heavy (non-hydrogen) atoms. The van der Waals surface area contributed by atoms with Crippen LogP contribution in [-0.4, -0.2) is 33.8 Å². The van der Waals surface area contributed by atoms with Crippen LogP contribution in [0.25, 0.3) is 0 Å². The SMILES string of the molecule is O=C(Nc1nc(CN2CCCCC2)cs1)c1ccc(Cl)cc1[N+](=O)[O-]. The largest absolute Gasteiger partial charge is 0.298 e. The number of hydrogen-bond donors (Lipinski definition) is 1. The summed E-state index contributed by atoms with van der Waals surface area (Å²) < 4.78 is 0. The lowest BCUT2D eigenvalue weighted by Crippen LogP contribution is -2.29. The minimum absolute atomic E-state index is 0.0396. The van der Waals surface area contributed by atoms with Crippen molar-refractivity contribution in [1.29, 1.82) is 0 Å². The van der Waals surface area contributed by atoms with Gasteiger partial charge >= 0.3 is 0 Å². The van der Waals surface area contributed by atoms with Gasteiger partial charge in [-0.15, -0.1) is 11.3 Å². The van der Waals surface area contributed by atoms with Crippen LogP contribution in [0.3, 0.4) is 0 Å². The zero-order valence-electron chi connectivity index (χ0n) is 13.4. The van der Waals surface area contributed by atoms with Crippen LogP contribution in [0, 0.1) is 10.1 Å². The van der Waals surface area contributed by atoms with Crippen molar-refractivity contribution in [3.05, 3.63) is 50.0 Å². The highest BCUT2D eigenvalue weighted by Crippen LogP contribution is 2.25. The van der Waals surface area contributed by atoms with Crippen LogP contribution in [0.15, 0.2) is 23.6 Å². The van der Waals surface area contributed by atoms with Gasteiger partial charge in [-0.25, -0.2) is 4.98 Å². The lowest BCUT2D eigenvalue weighted by atomic mass is 10.1. The number of halogens is 1. The van der Waals surface area contributed by atoms with Gasteiger partial charge in [-0.05, 0) is 38.1 Å². The fourth-order valence-electron chi connectivity index (χ4n) is 2.80. The molecule has 1 aromatic carbocycles. The third kappa shape index (κ3) is 4.53. The average Bonchev–Trinajstić information content (AvgIpc) is 3.02. The number of amides is 1. The maximum Gasteiger partial charge on any atom is 0.283 e. The van der Waals surface area contributed by atoms with Gasteiger partial charge in [-0.2, -0.15) is 0 Å². The van der Waals surface area contributed by atoms with Crippen molar-refractivity contribution in [2.24, 2.45) is 0 Å². The van der Waals surface area contributed by atoms with Crippen LogP contribution in [0.2, 0.25) is 5.02 Å². The first kappa shape index (κ1) is 17.8. The van der Waals surface area contributed by atoms with Crippen LogP contribution in [0.4, 0.5) is 10.8 Å². The number of nitro benzene ring substituents is 1. The molecule has 7 nitrogen and oxygen atoms in total. The topological polar surface area (TPSA) is 88.4 Å². The van der Waals surface area contributed by atoms with Gasteiger partial charge in [0.2, 0.25) is 0 Å². The Bertz CT molecular complexity index is 789. The fourth-order valence-corrected chi connectivity index (χ4v) is 3.66. The summed E-state index contributed by atoms with van der Waals surface area (Å²) in [4.78, 5) is 29.6. The summed E-state index contributed by atoms with van der Waals surface area (Å²) >= 11 is 7.08. The van der Waals surface area contributed by atoms with Gasteiger partial charge < -0.3 is 0 Å². The van der Waals surface area contributed by atoms with E-state index in [1.165, 1.54) is 48.8 Å². The van der Waals surface area contributed by atoms with E-state index >= 15 is 0 Å². The predicted octanol–water partition coefficient (Wildman–Crippen LogP) is 3.94. The van der Waals surface area contributed by atoms with Crippen molar-refractivity contribution in [2.75, 3.05) is 18.4 Å². The minimum atomic E-state index is -0.621. The van der Waals surface area contributed by atoms with E-state index in [4.69, 9.17) is 11.6 Å². The Morgan fingerprint density at radius 3 is 2.84 bits per heavy atom. The van der Waals surface area contributed by atoms with Gasteiger partial charge in [0, 0.05) is 23.0 Å². The summed E-state index contributed by atoms with van der Waals surface area (Å²) in [7, 11) is 0. The number of likely N-dealkylation sites (tertiary alicyclic amines) is 1. The van der Waals surface area contributed by atoms with Crippen LogP contribution < -0.4 is 5.32 Å². The minimum Gasteiger partial charge on any atom is -0.298 e. The molecule has 1 amide bonds. The maximum atomic E-state index is 12.3. The number of rotatable bonds is 5. The smallest absolute Gasteiger partial charge is 0.283 e. The highest BCUT2D eigenvalue weighted by molar-refractivity contribution is 7.14. The van der Waals surface area contributed by atoms with E-state index in [2.05, 4.69) is 15.2 Å². The molecule has 0 atom stereocenters. The highest BCUT2D eigenvalue weighted by Gasteiger charge is 2.21. The Balaban J connectivity index is 1.68. The Morgan fingerprint density at radius 1 is 1.36 bits per heavy atom. The molecular formula is C16H17ClN4O3S. The molecule has 0 saturated carbocycles. The third-order valence-electron chi connectivity index (χ3n) is 4.01. The van der Waals surface area contributed by atoms with E-state index in [0.29, 0.717) is 5.13 Å². The number of benzene rings is 1. The number of carbonyl (C=O) groups excluding carboxylic acids is 1. The number of carbonyl (C=O) groups is 1. The normalized spacial score (nSPS) is 15.1. The summed E-state index contributed by atoms with van der Waals surface area (Å²) in [5.74, 6) is -0.567. The first-order valence-corrected chi connectivity index (χ1v) is 9.21. The van der Waals surface area contributed by atoms with E-state index in [0.717, 1.165) is 25.3 Å². The number of thiazole rings is 1. The molecule has 0 aliphatic carbocycles. The second-order valence-corrected chi connectivity index (χ2v) is 7.15. The number of nitrogens with zero attached hydrogens (tertiary/aromatic N) is 3. The molecule has 0 spiro atoms. The number of hydrogen-bond acceptors (Lipinski definition) is 6. The van der Waals surface area contributed by atoms with Gasteiger partial charge in [0.05, 0.1) is 10.6 Å². The van der Waals surface area contributed by atoms with E-state index in [9.17, 15) is 14.9 Å². The second kappa shape index (κ2) is 7.90. The molecule has 9 heteroatoms. The molecular weight excluding hydrogens is 364 g/mol. The average molecular weight is 381 g/mol. The Kier molecular flexibility index (Phi) is 5.62. The Hall–Kier alpha value is -2.03. The number of piperidine rings is 1. The molecule has 0 unspecified atom stereocenters. The predicted molar refractivity (Wildman–Crippen MR) is 97.3 cm³/mol. The highest BCUT2D eigenvalue weighted by atomic mass is 35.5. The molecule has 0 radical (unpaired) electrons. The van der Waals surface area contributed by atoms with Crippen molar-refractivity contribution in [1.82, 2.24) is 9.88 Å². The molecule has 1 N–H and O–H groups in total. The summed E-state index contributed by atoms with van der Waals surface area (Å²) in [6.45, 7) is 2.89. The first-order valence-electron chi connectivity index (χ1n) is 7.95. The lowest BCUT2D eigenvalue weighted by molar-refractivity contribution is -0.385. The number of aromatic nitrogens is 1. The van der Waals surface area contributed by atoms with Crippen molar-refractivity contribution in [3.63, 3.8) is 0 Å². The van der Waals surface area contributed by atoms with E-state index < -0.39 is 10.8 Å². The van der Waals surface area contributed by atoms with Crippen molar-refractivity contribution in [3.8, 4) is 0 Å². The molecule has 132 valence electrons. The van der Waals surface area contributed by atoms with Gasteiger partial charge in [0.15, 0.2) is 5.13 Å². The number of anilines is 1. The Morgan fingerprint density at radius 2 is 2.12 bits per heavy atom. The van der Waals surface area contributed by atoms with Crippen molar-refractivity contribution in [2.45, 2.75) is 25.8 Å². The third-order valence-corrected chi connectivity index (χ3v) is 5.05. The molecule has 1 fully saturated rings. The molecule has 1 aliphatic rings. The molecule has 1 saturated heterocycles. The van der Waals surface area contributed by atoms with E-state index in [-0.39, 0.29) is 16.3 Å². The van der Waals surface area contributed by atoms with Crippen LogP contribution in [0.1, 0.15) is 35.3 Å². The van der Waals surface area contributed by atoms with Gasteiger partial charge in [0.25, 0.3) is 11.6 Å². The number of nitrogens with one attached hydrogen (secondary N) is 1. The summed E-state index contributed by atoms with van der Waals surface area (Å²) in [6.07, 6.45) is 3.68. The quantitative estimate of drug-likeness (QED) is 0.626. The van der Waals surface area contributed by atoms with Crippen LogP contribution in [0.5, 0.6) is 0 Å². The summed E-state index contributed by atoms with van der Waals surface area (Å²) in [5, 5.41) is 16.3. The fraction of sp³-hybridized carbons (Fsp3) is 0.375. The van der Waals surface area contributed by atoms with E-state index in [1.54, 1.807) is 0 Å². The zero-order chi connectivity index (χ0) is 17.8. The van der Waals surface area contributed by atoms with Gasteiger partial charge in [-0.1, -0.05) is 18.0 Å². The van der Waals surface area contributed by atoms with Crippen LogP contribution in [-0.2, 0) is 6.54 Å². The zero-order valence-corrected chi connectivity index (χ0v) is 15.0. The molecule has 3 rings (SSSR count). The van der Waals surface area contributed by atoms with Gasteiger partial charge in [0.1, 0.15) is 5.56 Å². The molecule has 2 heterocycles. The van der Waals surface area contributed by atoms with E-state index in [1.807, 2.05) is 5.38 Å². The standard InChI is InChI=1S/C16H17ClN4O3S/c17-11-4-5-13(14(8-11)21(23)24)15(22)19-16-18-12(10-25-16)9-20-6-2-1-3-7-20/h4-5,8,10H,1-3,6-7,9H2,(H,18,19,22). The molecule has 2 aromatic rings. The van der Waals surface area contributed by atoms with Crippen molar-refractivity contribution < 1.29 is 9.72 Å². The molecule has 0 bridgehead atoms. The Labute approximate surface area is 153 Å². The monoisotopic (exact) mass is 380 g/mol. The molecule has 1 aliphatic heterocycles.